The Morgan fingerprint density at radius 2 is 1.83 bits per heavy atom. The fraction of sp³-hybridized carbons (Fsp3) is 0.429. The molecule has 1 atom stereocenters. The lowest BCUT2D eigenvalue weighted by Gasteiger charge is -2.27. The standard InChI is InChI=1S/C21H25FN2O4S/c1-16-15-28-21-7-2-17(13-23-8-10-27-11-9-23)12-18(21)14-24(16)29(25,26)20-5-3-19(22)4-6-20/h2-7,12,16H,8-11,13-15H2,1H3. The average molecular weight is 421 g/mol. The third-order valence-corrected chi connectivity index (χ3v) is 7.33. The van der Waals surface area contributed by atoms with Crippen molar-refractivity contribution in [3.63, 3.8) is 0 Å². The Labute approximate surface area is 170 Å². The Morgan fingerprint density at radius 3 is 2.55 bits per heavy atom. The van der Waals surface area contributed by atoms with Crippen LogP contribution in [-0.4, -0.2) is 56.6 Å². The maximum Gasteiger partial charge on any atom is 0.243 e. The van der Waals surface area contributed by atoms with E-state index in [0.29, 0.717) is 5.75 Å². The fourth-order valence-corrected chi connectivity index (χ4v) is 5.29. The van der Waals surface area contributed by atoms with E-state index in [1.807, 2.05) is 25.1 Å². The van der Waals surface area contributed by atoms with Crippen LogP contribution in [0.4, 0.5) is 4.39 Å². The topological polar surface area (TPSA) is 59.1 Å². The van der Waals surface area contributed by atoms with E-state index in [9.17, 15) is 12.8 Å². The molecule has 1 saturated heterocycles. The lowest BCUT2D eigenvalue weighted by molar-refractivity contribution is 0.0342. The zero-order valence-electron chi connectivity index (χ0n) is 16.4. The second kappa shape index (κ2) is 8.39. The monoisotopic (exact) mass is 420 g/mol. The van der Waals surface area contributed by atoms with Gasteiger partial charge >= 0.3 is 0 Å². The van der Waals surface area contributed by atoms with Crippen molar-refractivity contribution in [2.75, 3.05) is 32.9 Å². The summed E-state index contributed by atoms with van der Waals surface area (Å²) in [6.07, 6.45) is 0. The van der Waals surface area contributed by atoms with E-state index in [2.05, 4.69) is 4.90 Å². The predicted molar refractivity (Wildman–Crippen MR) is 107 cm³/mol. The van der Waals surface area contributed by atoms with Crippen LogP contribution in [0, 0.1) is 5.82 Å². The third-order valence-electron chi connectivity index (χ3n) is 5.35. The van der Waals surface area contributed by atoms with Crippen LogP contribution in [0.15, 0.2) is 47.4 Å². The molecule has 0 bridgehead atoms. The average Bonchev–Trinajstić information content (AvgIpc) is 2.88. The first-order valence-electron chi connectivity index (χ1n) is 9.75. The zero-order chi connectivity index (χ0) is 20.4. The molecular weight excluding hydrogens is 395 g/mol. The van der Waals surface area contributed by atoms with Crippen molar-refractivity contribution < 1.29 is 22.3 Å². The van der Waals surface area contributed by atoms with Crippen LogP contribution in [-0.2, 0) is 27.8 Å². The number of benzene rings is 2. The summed E-state index contributed by atoms with van der Waals surface area (Å²) in [6.45, 7) is 6.32. The van der Waals surface area contributed by atoms with Gasteiger partial charge in [0.1, 0.15) is 18.2 Å². The molecule has 2 aliphatic rings. The van der Waals surface area contributed by atoms with Crippen molar-refractivity contribution >= 4 is 10.0 Å². The lowest BCUT2D eigenvalue weighted by atomic mass is 10.1. The Kier molecular flexibility index (Phi) is 5.87. The summed E-state index contributed by atoms with van der Waals surface area (Å²) in [6, 6.07) is 10.6. The van der Waals surface area contributed by atoms with Crippen molar-refractivity contribution in [2.45, 2.75) is 31.0 Å². The molecule has 0 radical (unpaired) electrons. The summed E-state index contributed by atoms with van der Waals surface area (Å²) >= 11 is 0. The van der Waals surface area contributed by atoms with Crippen molar-refractivity contribution in [1.82, 2.24) is 9.21 Å². The van der Waals surface area contributed by atoms with Gasteiger partial charge in [-0.05, 0) is 48.9 Å². The first kappa shape index (κ1) is 20.3. The Balaban J connectivity index is 1.60. The number of ether oxygens (including phenoxy) is 2. The van der Waals surface area contributed by atoms with Crippen LogP contribution < -0.4 is 4.74 Å². The van der Waals surface area contributed by atoms with E-state index in [4.69, 9.17) is 9.47 Å². The largest absolute Gasteiger partial charge is 0.492 e. The van der Waals surface area contributed by atoms with Gasteiger partial charge in [-0.3, -0.25) is 4.90 Å². The molecule has 6 nitrogen and oxygen atoms in total. The highest BCUT2D eigenvalue weighted by Gasteiger charge is 2.32. The first-order valence-corrected chi connectivity index (χ1v) is 11.2. The van der Waals surface area contributed by atoms with Gasteiger partial charge in [0.2, 0.25) is 10.0 Å². The minimum absolute atomic E-state index is 0.0821. The van der Waals surface area contributed by atoms with Crippen LogP contribution in [0.3, 0.4) is 0 Å². The van der Waals surface area contributed by atoms with E-state index >= 15 is 0 Å². The van der Waals surface area contributed by atoms with Crippen LogP contribution >= 0.6 is 0 Å². The van der Waals surface area contributed by atoms with E-state index in [-0.39, 0.29) is 24.1 Å². The molecule has 4 rings (SSSR count). The third kappa shape index (κ3) is 4.45. The van der Waals surface area contributed by atoms with Gasteiger partial charge in [-0.2, -0.15) is 4.31 Å². The molecule has 8 heteroatoms. The van der Waals surface area contributed by atoms with Crippen molar-refractivity contribution in [3.05, 3.63) is 59.4 Å². The Bertz CT molecular complexity index is 959. The second-order valence-corrected chi connectivity index (χ2v) is 9.39. The number of hydrogen-bond acceptors (Lipinski definition) is 5. The molecule has 2 aromatic carbocycles. The molecule has 0 N–H and O–H groups in total. The van der Waals surface area contributed by atoms with Gasteiger partial charge in [-0.25, -0.2) is 12.8 Å². The molecule has 0 amide bonds. The minimum atomic E-state index is -3.77. The van der Waals surface area contributed by atoms with E-state index in [1.165, 1.54) is 28.6 Å². The summed E-state index contributed by atoms with van der Waals surface area (Å²) in [7, 11) is -3.77. The van der Waals surface area contributed by atoms with Gasteiger partial charge in [-0.15, -0.1) is 0 Å². The normalized spacial score (nSPS) is 21.2. The summed E-state index contributed by atoms with van der Waals surface area (Å²) < 4.78 is 52.4. The number of sulfonamides is 1. The molecule has 0 aromatic heterocycles. The van der Waals surface area contributed by atoms with E-state index in [1.54, 1.807) is 0 Å². The van der Waals surface area contributed by atoms with Crippen LogP contribution in [0.1, 0.15) is 18.1 Å². The van der Waals surface area contributed by atoms with Crippen molar-refractivity contribution in [2.24, 2.45) is 0 Å². The molecule has 0 spiro atoms. The maximum absolute atomic E-state index is 13.3. The second-order valence-electron chi connectivity index (χ2n) is 7.49. The van der Waals surface area contributed by atoms with E-state index < -0.39 is 15.8 Å². The van der Waals surface area contributed by atoms with Gasteiger partial charge in [0.25, 0.3) is 0 Å². The quantitative estimate of drug-likeness (QED) is 0.761. The highest BCUT2D eigenvalue weighted by Crippen LogP contribution is 2.30. The van der Waals surface area contributed by atoms with Crippen LogP contribution in [0.25, 0.3) is 0 Å². The number of nitrogens with zero attached hydrogens (tertiary/aromatic N) is 2. The summed E-state index contributed by atoms with van der Waals surface area (Å²) in [5.41, 5.74) is 1.95. The molecule has 0 aliphatic carbocycles. The molecular formula is C21H25FN2O4S. The smallest absolute Gasteiger partial charge is 0.243 e. The first-order chi connectivity index (χ1) is 13.9. The molecule has 2 aliphatic heterocycles. The molecule has 2 heterocycles. The van der Waals surface area contributed by atoms with Gasteiger partial charge < -0.3 is 9.47 Å². The van der Waals surface area contributed by atoms with Crippen LogP contribution in [0.5, 0.6) is 5.75 Å². The lowest BCUT2D eigenvalue weighted by Crippen LogP contribution is -2.39. The fourth-order valence-electron chi connectivity index (χ4n) is 3.69. The summed E-state index contributed by atoms with van der Waals surface area (Å²) in [5, 5.41) is 0. The van der Waals surface area contributed by atoms with E-state index in [0.717, 1.165) is 44.0 Å². The predicted octanol–water partition coefficient (Wildman–Crippen LogP) is 2.63. The van der Waals surface area contributed by atoms with Crippen LogP contribution in [0.2, 0.25) is 0 Å². The van der Waals surface area contributed by atoms with Gasteiger partial charge in [-0.1, -0.05) is 6.07 Å². The minimum Gasteiger partial charge on any atom is -0.492 e. The number of hydrogen-bond donors (Lipinski definition) is 0. The number of halogens is 1. The number of morpholine rings is 1. The number of fused-ring (bicyclic) bond motifs is 1. The zero-order valence-corrected chi connectivity index (χ0v) is 17.2. The van der Waals surface area contributed by atoms with Crippen molar-refractivity contribution in [3.8, 4) is 5.75 Å². The molecule has 1 unspecified atom stereocenters. The SMILES string of the molecule is CC1COc2ccc(CN3CCOCC3)cc2CN1S(=O)(=O)c1ccc(F)cc1. The highest BCUT2D eigenvalue weighted by molar-refractivity contribution is 7.89. The Hall–Kier alpha value is -2.00. The highest BCUT2D eigenvalue weighted by atomic mass is 32.2. The molecule has 2 aromatic rings. The molecule has 156 valence electrons. The molecule has 29 heavy (non-hydrogen) atoms. The van der Waals surface area contributed by atoms with Gasteiger partial charge in [0, 0.05) is 31.7 Å². The van der Waals surface area contributed by atoms with Gasteiger partial charge in [0.15, 0.2) is 0 Å². The summed E-state index contributed by atoms with van der Waals surface area (Å²) in [4.78, 5) is 2.40. The Morgan fingerprint density at radius 1 is 1.10 bits per heavy atom. The van der Waals surface area contributed by atoms with Crippen molar-refractivity contribution in [1.29, 1.82) is 0 Å². The number of rotatable bonds is 4. The summed E-state index contributed by atoms with van der Waals surface area (Å²) in [5.74, 6) is 0.244. The molecule has 1 fully saturated rings. The maximum atomic E-state index is 13.3. The van der Waals surface area contributed by atoms with Gasteiger partial charge in [0.05, 0.1) is 24.2 Å². The molecule has 0 saturated carbocycles.